The van der Waals surface area contributed by atoms with Crippen LogP contribution in [0.25, 0.3) is 0 Å². The number of aromatic nitrogens is 1. The fourth-order valence-corrected chi connectivity index (χ4v) is 1.35. The van der Waals surface area contributed by atoms with Gasteiger partial charge >= 0.3 is 0 Å². The molecule has 0 amide bonds. The molecule has 1 saturated heterocycles. The third-order valence-electron chi connectivity index (χ3n) is 2.08. The fourth-order valence-electron chi connectivity index (χ4n) is 1.35. The van der Waals surface area contributed by atoms with Crippen LogP contribution in [0.5, 0.6) is 5.75 Å². The summed E-state index contributed by atoms with van der Waals surface area (Å²) >= 11 is 0. The molecule has 1 aromatic rings. The van der Waals surface area contributed by atoms with Crippen LogP contribution in [0.1, 0.15) is 12.0 Å². The van der Waals surface area contributed by atoms with Crippen molar-refractivity contribution in [2.45, 2.75) is 12.5 Å². The SMILES string of the molecule is N#Cc1cnccc1OC1CCOC1. The molecule has 0 radical (unpaired) electrons. The second-order valence-corrected chi connectivity index (χ2v) is 3.09. The Bertz CT molecular complexity index is 353. The van der Waals surface area contributed by atoms with E-state index in [1.807, 2.05) is 6.07 Å². The van der Waals surface area contributed by atoms with Gasteiger partial charge in [-0.05, 0) is 6.07 Å². The van der Waals surface area contributed by atoms with Crippen molar-refractivity contribution >= 4 is 0 Å². The van der Waals surface area contributed by atoms with Crippen molar-refractivity contribution in [3.63, 3.8) is 0 Å². The Hall–Kier alpha value is -1.60. The summed E-state index contributed by atoms with van der Waals surface area (Å²) < 4.78 is 10.8. The van der Waals surface area contributed by atoms with E-state index in [-0.39, 0.29) is 6.10 Å². The summed E-state index contributed by atoms with van der Waals surface area (Å²) in [5.74, 6) is 0.595. The summed E-state index contributed by atoms with van der Waals surface area (Å²) in [7, 11) is 0. The second-order valence-electron chi connectivity index (χ2n) is 3.09. The van der Waals surface area contributed by atoms with E-state index >= 15 is 0 Å². The normalized spacial score (nSPS) is 20.4. The molecule has 1 aromatic heterocycles. The first-order valence-corrected chi connectivity index (χ1v) is 4.48. The van der Waals surface area contributed by atoms with Crippen LogP contribution < -0.4 is 4.74 Å². The third kappa shape index (κ3) is 1.83. The molecule has 4 nitrogen and oxygen atoms in total. The van der Waals surface area contributed by atoms with Crippen molar-refractivity contribution in [1.29, 1.82) is 5.26 Å². The number of ether oxygens (including phenoxy) is 2. The molecule has 0 aromatic carbocycles. The molecule has 14 heavy (non-hydrogen) atoms. The zero-order valence-corrected chi connectivity index (χ0v) is 7.64. The molecule has 1 fully saturated rings. The minimum Gasteiger partial charge on any atom is -0.486 e. The van der Waals surface area contributed by atoms with Crippen molar-refractivity contribution in [2.75, 3.05) is 13.2 Å². The molecule has 72 valence electrons. The van der Waals surface area contributed by atoms with Gasteiger partial charge in [-0.15, -0.1) is 0 Å². The van der Waals surface area contributed by atoms with Gasteiger partial charge in [-0.2, -0.15) is 5.26 Å². The number of nitriles is 1. The van der Waals surface area contributed by atoms with Gasteiger partial charge in [0, 0.05) is 18.8 Å². The Labute approximate surface area is 82.1 Å². The smallest absolute Gasteiger partial charge is 0.140 e. The van der Waals surface area contributed by atoms with Crippen LogP contribution in [0.15, 0.2) is 18.5 Å². The lowest BCUT2D eigenvalue weighted by molar-refractivity contribution is 0.141. The van der Waals surface area contributed by atoms with Crippen molar-refractivity contribution in [3.05, 3.63) is 24.0 Å². The summed E-state index contributed by atoms with van der Waals surface area (Å²) in [6, 6.07) is 3.75. The van der Waals surface area contributed by atoms with Crippen LogP contribution in [0, 0.1) is 11.3 Å². The molecule has 0 N–H and O–H groups in total. The summed E-state index contributed by atoms with van der Waals surface area (Å²) in [6.07, 6.45) is 4.08. The third-order valence-corrected chi connectivity index (χ3v) is 2.08. The molecule has 4 heteroatoms. The topological polar surface area (TPSA) is 55.1 Å². The van der Waals surface area contributed by atoms with Crippen LogP contribution in [0.4, 0.5) is 0 Å². The average Bonchev–Trinajstić information content (AvgIpc) is 2.71. The maximum Gasteiger partial charge on any atom is 0.140 e. The highest BCUT2D eigenvalue weighted by Gasteiger charge is 2.18. The largest absolute Gasteiger partial charge is 0.486 e. The van der Waals surface area contributed by atoms with E-state index in [9.17, 15) is 0 Å². The molecular weight excluding hydrogens is 180 g/mol. The highest BCUT2D eigenvalue weighted by atomic mass is 16.5. The zero-order chi connectivity index (χ0) is 9.80. The van der Waals surface area contributed by atoms with Gasteiger partial charge in [-0.25, -0.2) is 0 Å². The van der Waals surface area contributed by atoms with Crippen LogP contribution in [0.2, 0.25) is 0 Å². The van der Waals surface area contributed by atoms with Gasteiger partial charge < -0.3 is 9.47 Å². The quantitative estimate of drug-likeness (QED) is 0.701. The average molecular weight is 190 g/mol. The lowest BCUT2D eigenvalue weighted by Crippen LogP contribution is -2.16. The first-order chi connectivity index (χ1) is 6.90. The van der Waals surface area contributed by atoms with Gasteiger partial charge in [-0.1, -0.05) is 0 Å². The number of hydrogen-bond donors (Lipinski definition) is 0. The molecule has 0 bridgehead atoms. The van der Waals surface area contributed by atoms with E-state index in [0.29, 0.717) is 17.9 Å². The maximum atomic E-state index is 8.79. The number of hydrogen-bond acceptors (Lipinski definition) is 4. The van der Waals surface area contributed by atoms with Gasteiger partial charge in [0.2, 0.25) is 0 Å². The Morgan fingerprint density at radius 3 is 3.29 bits per heavy atom. The second kappa shape index (κ2) is 4.07. The van der Waals surface area contributed by atoms with E-state index in [1.165, 1.54) is 6.20 Å². The van der Waals surface area contributed by atoms with Crippen molar-refractivity contribution in [2.24, 2.45) is 0 Å². The summed E-state index contributed by atoms with van der Waals surface area (Å²) in [4.78, 5) is 3.86. The molecule has 2 heterocycles. The van der Waals surface area contributed by atoms with Gasteiger partial charge in [0.05, 0.1) is 13.2 Å². The molecule has 1 aliphatic heterocycles. The predicted molar refractivity (Wildman–Crippen MR) is 48.8 cm³/mol. The summed E-state index contributed by atoms with van der Waals surface area (Å²) in [6.45, 7) is 1.34. The molecule has 1 atom stereocenters. The van der Waals surface area contributed by atoms with E-state index in [0.717, 1.165) is 13.0 Å². The molecule has 2 rings (SSSR count). The van der Waals surface area contributed by atoms with Gasteiger partial charge in [0.15, 0.2) is 0 Å². The van der Waals surface area contributed by atoms with Crippen LogP contribution in [0.3, 0.4) is 0 Å². The van der Waals surface area contributed by atoms with Crippen LogP contribution in [-0.2, 0) is 4.74 Å². The summed E-state index contributed by atoms with van der Waals surface area (Å²) in [5.41, 5.74) is 0.472. The maximum absolute atomic E-state index is 8.79. The molecule has 0 spiro atoms. The Morgan fingerprint density at radius 1 is 1.64 bits per heavy atom. The molecule has 0 saturated carbocycles. The van der Waals surface area contributed by atoms with E-state index in [4.69, 9.17) is 14.7 Å². The van der Waals surface area contributed by atoms with E-state index in [1.54, 1.807) is 12.3 Å². The molecular formula is C10H10N2O2. The standard InChI is InChI=1S/C10H10N2O2/c11-5-8-6-12-3-1-10(8)14-9-2-4-13-7-9/h1,3,6,9H,2,4,7H2. The van der Waals surface area contributed by atoms with Gasteiger partial charge in [0.1, 0.15) is 23.5 Å². The monoisotopic (exact) mass is 190 g/mol. The molecule has 1 unspecified atom stereocenters. The predicted octanol–water partition coefficient (Wildman–Crippen LogP) is 1.12. The minimum absolute atomic E-state index is 0.0736. The van der Waals surface area contributed by atoms with Gasteiger partial charge in [-0.3, -0.25) is 4.98 Å². The zero-order valence-electron chi connectivity index (χ0n) is 7.64. The number of pyridine rings is 1. The minimum atomic E-state index is 0.0736. The number of rotatable bonds is 2. The first-order valence-electron chi connectivity index (χ1n) is 4.48. The Balaban J connectivity index is 2.11. The van der Waals surface area contributed by atoms with Crippen molar-refractivity contribution in [3.8, 4) is 11.8 Å². The first kappa shape index (κ1) is 8.97. The van der Waals surface area contributed by atoms with Crippen molar-refractivity contribution < 1.29 is 9.47 Å². The Morgan fingerprint density at radius 2 is 2.57 bits per heavy atom. The van der Waals surface area contributed by atoms with E-state index in [2.05, 4.69) is 4.98 Å². The molecule has 1 aliphatic rings. The van der Waals surface area contributed by atoms with Crippen LogP contribution >= 0.6 is 0 Å². The highest BCUT2D eigenvalue weighted by molar-refractivity contribution is 5.40. The van der Waals surface area contributed by atoms with E-state index < -0.39 is 0 Å². The van der Waals surface area contributed by atoms with Crippen molar-refractivity contribution in [1.82, 2.24) is 4.98 Å². The fraction of sp³-hybridized carbons (Fsp3) is 0.400. The van der Waals surface area contributed by atoms with Gasteiger partial charge in [0.25, 0.3) is 0 Å². The highest BCUT2D eigenvalue weighted by Crippen LogP contribution is 2.19. The summed E-state index contributed by atoms with van der Waals surface area (Å²) in [5, 5.41) is 8.79. The lowest BCUT2D eigenvalue weighted by Gasteiger charge is -2.11. The lowest BCUT2D eigenvalue weighted by atomic mass is 10.2. The number of nitrogens with zero attached hydrogens (tertiary/aromatic N) is 2. The van der Waals surface area contributed by atoms with Crippen LogP contribution in [-0.4, -0.2) is 24.3 Å². The Kier molecular flexibility index (Phi) is 2.61. The molecule has 0 aliphatic carbocycles.